The van der Waals surface area contributed by atoms with E-state index in [0.717, 1.165) is 38.1 Å². The van der Waals surface area contributed by atoms with Gasteiger partial charge in [0.2, 0.25) is 0 Å². The van der Waals surface area contributed by atoms with Crippen molar-refractivity contribution in [3.8, 4) is 0 Å². The molecule has 0 aliphatic rings. The van der Waals surface area contributed by atoms with Crippen molar-refractivity contribution in [3.63, 3.8) is 0 Å². The topological polar surface area (TPSA) is 48.3 Å². The van der Waals surface area contributed by atoms with Crippen LogP contribution in [0.15, 0.2) is 6.07 Å². The van der Waals surface area contributed by atoms with Crippen molar-refractivity contribution in [2.45, 2.75) is 39.2 Å². The molecule has 1 heterocycles. The highest BCUT2D eigenvalue weighted by Gasteiger charge is 2.12. The largest absolute Gasteiger partial charge is 0.382 e. The van der Waals surface area contributed by atoms with E-state index in [1.54, 1.807) is 7.11 Å². The first-order valence-corrected chi connectivity index (χ1v) is 7.47. The molecule has 0 aliphatic carbocycles. The van der Waals surface area contributed by atoms with E-state index in [2.05, 4.69) is 23.4 Å². The Kier molecular flexibility index (Phi) is 8.49. The molecule has 1 unspecified atom stereocenters. The molecule has 1 rings (SSSR count). The molecule has 1 N–H and O–H groups in total. The Bertz CT molecular complexity index is 366. The fraction of sp³-hybridized carbons (Fsp3) is 0.800. The Morgan fingerprint density at radius 1 is 1.35 bits per heavy atom. The van der Waals surface area contributed by atoms with Gasteiger partial charge in [-0.2, -0.15) is 5.10 Å². The second-order valence-corrected chi connectivity index (χ2v) is 5.15. The van der Waals surface area contributed by atoms with E-state index in [1.165, 1.54) is 5.69 Å². The first-order chi connectivity index (χ1) is 9.67. The molecule has 0 aromatic carbocycles. The molecule has 0 saturated heterocycles. The number of ether oxygens (including phenoxy) is 2. The Morgan fingerprint density at radius 3 is 2.75 bits per heavy atom. The quantitative estimate of drug-likeness (QED) is 0.628. The van der Waals surface area contributed by atoms with Crippen molar-refractivity contribution >= 4 is 0 Å². The van der Waals surface area contributed by atoms with Gasteiger partial charge in [-0.3, -0.25) is 4.68 Å². The molecule has 0 bridgehead atoms. The predicted molar refractivity (Wildman–Crippen MR) is 81.0 cm³/mol. The van der Waals surface area contributed by atoms with E-state index >= 15 is 0 Å². The maximum absolute atomic E-state index is 5.57. The summed E-state index contributed by atoms with van der Waals surface area (Å²) in [6.07, 6.45) is 3.14. The van der Waals surface area contributed by atoms with Crippen molar-refractivity contribution in [1.82, 2.24) is 15.1 Å². The average molecular weight is 283 g/mol. The van der Waals surface area contributed by atoms with Crippen LogP contribution in [0.1, 0.15) is 31.2 Å². The lowest BCUT2D eigenvalue weighted by Crippen LogP contribution is -2.33. The lowest BCUT2D eigenvalue weighted by molar-refractivity contribution is 0.0657. The van der Waals surface area contributed by atoms with Gasteiger partial charge in [0.25, 0.3) is 0 Å². The molecule has 0 fully saturated rings. The first-order valence-electron chi connectivity index (χ1n) is 7.47. The summed E-state index contributed by atoms with van der Waals surface area (Å²) in [5.41, 5.74) is 2.35. The monoisotopic (exact) mass is 283 g/mol. The summed E-state index contributed by atoms with van der Waals surface area (Å²) in [6, 6.07) is 2.60. The van der Waals surface area contributed by atoms with E-state index in [-0.39, 0.29) is 0 Å². The molecule has 0 amide bonds. The molecule has 1 aromatic rings. The van der Waals surface area contributed by atoms with Crippen LogP contribution in [0.5, 0.6) is 0 Å². The molecule has 5 heteroatoms. The Hall–Kier alpha value is -0.910. The second kappa shape index (κ2) is 9.91. The molecule has 116 valence electrons. The Balaban J connectivity index is 2.40. The van der Waals surface area contributed by atoms with Crippen LogP contribution in [-0.4, -0.2) is 49.3 Å². The number of aromatic nitrogens is 2. The van der Waals surface area contributed by atoms with Gasteiger partial charge in [-0.15, -0.1) is 0 Å². The van der Waals surface area contributed by atoms with Crippen molar-refractivity contribution in [1.29, 1.82) is 0 Å². The molecule has 1 aromatic heterocycles. The minimum atomic E-state index is 0.437. The van der Waals surface area contributed by atoms with Crippen LogP contribution >= 0.6 is 0 Å². The number of hydrogen-bond donors (Lipinski definition) is 1. The van der Waals surface area contributed by atoms with Crippen LogP contribution in [0.3, 0.4) is 0 Å². The van der Waals surface area contributed by atoms with Crippen LogP contribution in [0.25, 0.3) is 0 Å². The molecule has 1 atom stereocenters. The van der Waals surface area contributed by atoms with E-state index in [1.807, 2.05) is 18.7 Å². The fourth-order valence-corrected chi connectivity index (χ4v) is 2.20. The van der Waals surface area contributed by atoms with Crippen molar-refractivity contribution < 1.29 is 9.47 Å². The third-order valence-electron chi connectivity index (χ3n) is 3.28. The lowest BCUT2D eigenvalue weighted by atomic mass is 10.1. The van der Waals surface area contributed by atoms with Crippen LogP contribution in [0, 0.1) is 6.92 Å². The number of nitrogens with zero attached hydrogens (tertiary/aromatic N) is 2. The third kappa shape index (κ3) is 6.50. The van der Waals surface area contributed by atoms with Gasteiger partial charge >= 0.3 is 0 Å². The highest BCUT2D eigenvalue weighted by molar-refractivity contribution is 5.10. The van der Waals surface area contributed by atoms with Gasteiger partial charge in [-0.25, -0.2) is 0 Å². The number of rotatable bonds is 11. The van der Waals surface area contributed by atoms with Gasteiger partial charge in [0.1, 0.15) is 0 Å². The molecule has 20 heavy (non-hydrogen) atoms. The predicted octanol–water partition coefficient (Wildman–Crippen LogP) is 1.69. The highest BCUT2D eigenvalue weighted by Crippen LogP contribution is 2.08. The number of nitrogens with one attached hydrogen (secondary N) is 1. The van der Waals surface area contributed by atoms with Crippen LogP contribution in [0.4, 0.5) is 0 Å². The summed E-state index contributed by atoms with van der Waals surface area (Å²) in [5.74, 6) is 0. The molecule has 0 spiro atoms. The summed E-state index contributed by atoms with van der Waals surface area (Å²) in [4.78, 5) is 0. The SMILES string of the molecule is CCCNC(CCOCCOC)Cc1cc(C)nn1C. The summed E-state index contributed by atoms with van der Waals surface area (Å²) in [7, 11) is 3.70. The summed E-state index contributed by atoms with van der Waals surface area (Å²) < 4.78 is 12.5. The average Bonchev–Trinajstić information content (AvgIpc) is 2.73. The lowest BCUT2D eigenvalue weighted by Gasteiger charge is -2.18. The summed E-state index contributed by atoms with van der Waals surface area (Å²) in [5, 5.41) is 8.00. The van der Waals surface area contributed by atoms with Crippen LogP contribution < -0.4 is 5.32 Å². The van der Waals surface area contributed by atoms with Gasteiger partial charge in [0, 0.05) is 38.9 Å². The highest BCUT2D eigenvalue weighted by atomic mass is 16.5. The molecular formula is C15H29N3O2. The van der Waals surface area contributed by atoms with Crippen molar-refractivity contribution in [2.75, 3.05) is 33.5 Å². The Labute approximate surface area is 122 Å². The smallest absolute Gasteiger partial charge is 0.0700 e. The van der Waals surface area contributed by atoms with Gasteiger partial charge in [-0.1, -0.05) is 6.92 Å². The van der Waals surface area contributed by atoms with E-state index < -0.39 is 0 Å². The van der Waals surface area contributed by atoms with E-state index in [9.17, 15) is 0 Å². The Morgan fingerprint density at radius 2 is 2.15 bits per heavy atom. The minimum absolute atomic E-state index is 0.437. The normalized spacial score (nSPS) is 12.8. The van der Waals surface area contributed by atoms with Crippen molar-refractivity contribution in [3.05, 3.63) is 17.5 Å². The van der Waals surface area contributed by atoms with E-state index in [4.69, 9.17) is 9.47 Å². The van der Waals surface area contributed by atoms with Crippen LogP contribution in [0.2, 0.25) is 0 Å². The summed E-state index contributed by atoms with van der Waals surface area (Å²) >= 11 is 0. The molecule has 0 saturated carbocycles. The number of hydrogen-bond acceptors (Lipinski definition) is 4. The number of aryl methyl sites for hydroxylation is 2. The van der Waals surface area contributed by atoms with Gasteiger partial charge < -0.3 is 14.8 Å². The zero-order valence-electron chi connectivity index (χ0n) is 13.3. The zero-order chi connectivity index (χ0) is 14.8. The zero-order valence-corrected chi connectivity index (χ0v) is 13.3. The summed E-state index contributed by atoms with van der Waals surface area (Å²) in [6.45, 7) is 7.36. The van der Waals surface area contributed by atoms with E-state index in [0.29, 0.717) is 19.3 Å². The second-order valence-electron chi connectivity index (χ2n) is 5.15. The molecular weight excluding hydrogens is 254 g/mol. The third-order valence-corrected chi connectivity index (χ3v) is 3.28. The molecule has 5 nitrogen and oxygen atoms in total. The fourth-order valence-electron chi connectivity index (χ4n) is 2.20. The minimum Gasteiger partial charge on any atom is -0.382 e. The molecule has 0 radical (unpaired) electrons. The van der Waals surface area contributed by atoms with Gasteiger partial charge in [-0.05, 0) is 32.4 Å². The van der Waals surface area contributed by atoms with Crippen LogP contribution in [-0.2, 0) is 22.9 Å². The van der Waals surface area contributed by atoms with Crippen molar-refractivity contribution in [2.24, 2.45) is 7.05 Å². The standard InChI is InChI=1S/C15H29N3O2/c1-5-7-16-14(6-8-20-10-9-19-4)12-15-11-13(2)17-18(15)3/h11,14,16H,5-10,12H2,1-4H3. The first kappa shape index (κ1) is 17.1. The maximum Gasteiger partial charge on any atom is 0.0700 e. The van der Waals surface area contributed by atoms with Gasteiger partial charge in [0.15, 0.2) is 0 Å². The van der Waals surface area contributed by atoms with Gasteiger partial charge in [0.05, 0.1) is 18.9 Å². The number of methoxy groups -OCH3 is 1. The maximum atomic E-state index is 5.57. The molecule has 0 aliphatic heterocycles.